The van der Waals surface area contributed by atoms with Gasteiger partial charge in [0.15, 0.2) is 0 Å². The molecule has 0 aliphatic carbocycles. The van der Waals surface area contributed by atoms with Gasteiger partial charge in [0.1, 0.15) is 11.6 Å². The van der Waals surface area contributed by atoms with Crippen LogP contribution in [0, 0.1) is 5.82 Å². The molecule has 0 fully saturated rings. The first-order valence-corrected chi connectivity index (χ1v) is 8.80. The summed E-state index contributed by atoms with van der Waals surface area (Å²) in [6.07, 6.45) is 3.34. The molecule has 0 aromatic heterocycles. The molecular formula is C19H17Cl2FN2O3. The number of carbonyl (C=O) groups is 2. The number of hydrazine groups is 1. The molecule has 142 valence electrons. The number of hydrogen-bond donors (Lipinski definition) is 2. The van der Waals surface area contributed by atoms with E-state index >= 15 is 0 Å². The molecule has 27 heavy (non-hydrogen) atoms. The van der Waals surface area contributed by atoms with Crippen LogP contribution < -0.4 is 15.6 Å². The number of amides is 2. The molecule has 0 aliphatic heterocycles. The highest BCUT2D eigenvalue weighted by atomic mass is 35.5. The van der Waals surface area contributed by atoms with Crippen LogP contribution in [0.3, 0.4) is 0 Å². The molecular weight excluding hydrogens is 394 g/mol. The lowest BCUT2D eigenvalue weighted by Gasteiger charge is -2.08. The van der Waals surface area contributed by atoms with Gasteiger partial charge in [0, 0.05) is 17.5 Å². The number of benzene rings is 2. The van der Waals surface area contributed by atoms with Crippen LogP contribution in [0.5, 0.6) is 5.75 Å². The van der Waals surface area contributed by atoms with Crippen molar-refractivity contribution in [2.24, 2.45) is 0 Å². The third kappa shape index (κ3) is 7.68. The zero-order chi connectivity index (χ0) is 19.6. The largest absolute Gasteiger partial charge is 0.492 e. The summed E-state index contributed by atoms with van der Waals surface area (Å²) in [5, 5.41) is 0.906. The van der Waals surface area contributed by atoms with E-state index in [0.29, 0.717) is 27.8 Å². The fourth-order valence-corrected chi connectivity index (χ4v) is 2.45. The number of ether oxygens (including phenoxy) is 1. The maximum Gasteiger partial charge on any atom is 0.262 e. The monoisotopic (exact) mass is 410 g/mol. The Bertz CT molecular complexity index is 826. The van der Waals surface area contributed by atoms with Crippen molar-refractivity contribution in [1.82, 2.24) is 10.9 Å². The van der Waals surface area contributed by atoms with Gasteiger partial charge < -0.3 is 4.74 Å². The summed E-state index contributed by atoms with van der Waals surface area (Å²) in [5.41, 5.74) is 5.22. The second-order valence-corrected chi connectivity index (χ2v) is 6.29. The van der Waals surface area contributed by atoms with E-state index in [1.807, 2.05) is 0 Å². The Morgan fingerprint density at radius 3 is 2.52 bits per heavy atom. The third-order valence-electron chi connectivity index (χ3n) is 3.32. The van der Waals surface area contributed by atoms with Crippen molar-refractivity contribution in [3.05, 3.63) is 70.0 Å². The zero-order valence-electron chi connectivity index (χ0n) is 14.2. The second kappa shape index (κ2) is 10.5. The molecule has 2 amide bonds. The maximum atomic E-state index is 12.8. The molecule has 5 nitrogen and oxygen atoms in total. The fraction of sp³-hybridized carbons (Fsp3) is 0.158. The molecule has 0 spiro atoms. The molecule has 2 aromatic carbocycles. The number of nitrogens with one attached hydrogen (secondary N) is 2. The van der Waals surface area contributed by atoms with Gasteiger partial charge in [0.05, 0.1) is 11.6 Å². The average Bonchev–Trinajstić information content (AvgIpc) is 2.64. The fourth-order valence-electron chi connectivity index (χ4n) is 1.99. The van der Waals surface area contributed by atoms with Gasteiger partial charge in [-0.1, -0.05) is 35.3 Å². The zero-order valence-corrected chi connectivity index (χ0v) is 15.7. The Kier molecular flexibility index (Phi) is 8.10. The van der Waals surface area contributed by atoms with E-state index in [2.05, 4.69) is 10.9 Å². The van der Waals surface area contributed by atoms with Gasteiger partial charge in [-0.3, -0.25) is 20.4 Å². The van der Waals surface area contributed by atoms with Crippen LogP contribution in [0.4, 0.5) is 4.39 Å². The van der Waals surface area contributed by atoms with Crippen molar-refractivity contribution < 1.29 is 18.7 Å². The number of halogens is 3. The first-order chi connectivity index (χ1) is 12.9. The van der Waals surface area contributed by atoms with E-state index in [1.165, 1.54) is 36.4 Å². The smallest absolute Gasteiger partial charge is 0.262 e. The predicted molar refractivity (Wildman–Crippen MR) is 103 cm³/mol. The predicted octanol–water partition coefficient (Wildman–Crippen LogP) is 4.15. The number of hydrogen-bond acceptors (Lipinski definition) is 3. The van der Waals surface area contributed by atoms with Gasteiger partial charge in [-0.15, -0.1) is 0 Å². The minimum atomic E-state index is -0.503. The highest BCUT2D eigenvalue weighted by Crippen LogP contribution is 2.27. The lowest BCUT2D eigenvalue weighted by molar-refractivity contribution is -0.126. The molecule has 0 unspecified atom stereocenters. The molecule has 0 atom stereocenters. The van der Waals surface area contributed by atoms with E-state index < -0.39 is 5.91 Å². The normalized spacial score (nSPS) is 10.6. The van der Waals surface area contributed by atoms with Crippen LogP contribution in [-0.2, 0) is 9.59 Å². The Morgan fingerprint density at radius 1 is 1.07 bits per heavy atom. The van der Waals surface area contributed by atoms with E-state index in [0.717, 1.165) is 0 Å². The standard InChI is InChI=1S/C19H17Cl2FN2O3/c20-14-6-9-17(16(21)12-14)27-11-1-2-18(25)23-24-19(26)10-5-13-3-7-15(22)8-4-13/h3-10,12H,1-2,11H2,(H,23,25)(H,24,26)/b10-5+. The molecule has 2 aromatic rings. The van der Waals surface area contributed by atoms with Gasteiger partial charge >= 0.3 is 0 Å². The first kappa shape index (κ1) is 20.7. The van der Waals surface area contributed by atoms with Gasteiger partial charge in [-0.2, -0.15) is 0 Å². The Labute approximate surface area is 166 Å². The van der Waals surface area contributed by atoms with Crippen molar-refractivity contribution in [2.75, 3.05) is 6.61 Å². The van der Waals surface area contributed by atoms with Crippen molar-refractivity contribution in [3.8, 4) is 5.75 Å². The van der Waals surface area contributed by atoms with Gasteiger partial charge in [-0.25, -0.2) is 4.39 Å². The molecule has 0 bridgehead atoms. The molecule has 0 saturated heterocycles. The van der Waals surface area contributed by atoms with Crippen LogP contribution in [0.15, 0.2) is 48.5 Å². The quantitative estimate of drug-likeness (QED) is 0.409. The highest BCUT2D eigenvalue weighted by Gasteiger charge is 2.05. The summed E-state index contributed by atoms with van der Waals surface area (Å²) in [6.45, 7) is 0.285. The number of rotatable bonds is 7. The van der Waals surface area contributed by atoms with E-state index in [1.54, 1.807) is 18.2 Å². The summed E-state index contributed by atoms with van der Waals surface area (Å²) in [6, 6.07) is 10.5. The summed E-state index contributed by atoms with van der Waals surface area (Å²) in [5.74, 6) is -0.729. The Morgan fingerprint density at radius 2 is 1.81 bits per heavy atom. The van der Waals surface area contributed by atoms with Gasteiger partial charge in [0.2, 0.25) is 5.91 Å². The second-order valence-electron chi connectivity index (χ2n) is 5.45. The van der Waals surface area contributed by atoms with Gasteiger partial charge in [-0.05, 0) is 48.4 Å². The first-order valence-electron chi connectivity index (χ1n) is 8.04. The Balaban J connectivity index is 1.64. The Hall–Kier alpha value is -2.57. The molecule has 2 rings (SSSR count). The van der Waals surface area contributed by atoms with Crippen LogP contribution in [0.25, 0.3) is 6.08 Å². The number of carbonyl (C=O) groups excluding carboxylic acids is 2. The van der Waals surface area contributed by atoms with Crippen LogP contribution >= 0.6 is 23.2 Å². The molecule has 0 radical (unpaired) electrons. The maximum absolute atomic E-state index is 12.8. The minimum absolute atomic E-state index is 0.160. The topological polar surface area (TPSA) is 67.4 Å². The average molecular weight is 411 g/mol. The molecule has 0 heterocycles. The van der Waals surface area contributed by atoms with Crippen molar-refractivity contribution in [1.29, 1.82) is 0 Å². The van der Waals surface area contributed by atoms with Crippen molar-refractivity contribution >= 4 is 41.1 Å². The van der Waals surface area contributed by atoms with Gasteiger partial charge in [0.25, 0.3) is 5.91 Å². The SMILES string of the molecule is O=C(/C=C/c1ccc(F)cc1)NNC(=O)CCCOc1ccc(Cl)cc1Cl. The highest BCUT2D eigenvalue weighted by molar-refractivity contribution is 6.35. The summed E-state index contributed by atoms with van der Waals surface area (Å²) in [7, 11) is 0. The van der Waals surface area contributed by atoms with Crippen LogP contribution in [-0.4, -0.2) is 18.4 Å². The summed E-state index contributed by atoms with van der Waals surface area (Å²) in [4.78, 5) is 23.3. The van der Waals surface area contributed by atoms with Crippen LogP contribution in [0.2, 0.25) is 10.0 Å². The molecule has 2 N–H and O–H groups in total. The van der Waals surface area contributed by atoms with Crippen LogP contribution in [0.1, 0.15) is 18.4 Å². The summed E-state index contributed by atoms with van der Waals surface area (Å²) < 4.78 is 18.3. The van der Waals surface area contributed by atoms with E-state index in [4.69, 9.17) is 27.9 Å². The molecule has 8 heteroatoms. The minimum Gasteiger partial charge on any atom is -0.492 e. The molecule has 0 saturated carbocycles. The van der Waals surface area contributed by atoms with E-state index in [-0.39, 0.29) is 24.8 Å². The van der Waals surface area contributed by atoms with E-state index in [9.17, 15) is 14.0 Å². The lowest BCUT2D eigenvalue weighted by Crippen LogP contribution is -2.40. The third-order valence-corrected chi connectivity index (χ3v) is 3.85. The summed E-state index contributed by atoms with van der Waals surface area (Å²) >= 11 is 11.8. The van der Waals surface area contributed by atoms with Crippen molar-refractivity contribution in [2.45, 2.75) is 12.8 Å². The lowest BCUT2D eigenvalue weighted by atomic mass is 10.2. The molecule has 0 aliphatic rings. The van der Waals surface area contributed by atoms with Crippen molar-refractivity contribution in [3.63, 3.8) is 0 Å².